The first-order valence-electron chi connectivity index (χ1n) is 6.13. The molecule has 100 valence electrons. The third-order valence-corrected chi connectivity index (χ3v) is 2.75. The van der Waals surface area contributed by atoms with Gasteiger partial charge in [0, 0.05) is 11.6 Å². The molecule has 0 fully saturated rings. The Labute approximate surface area is 129 Å². The minimum absolute atomic E-state index is 0. The molecule has 0 saturated carbocycles. The van der Waals surface area contributed by atoms with E-state index in [1.807, 2.05) is 66.8 Å². The first-order valence-corrected chi connectivity index (χ1v) is 6.13. The van der Waals surface area contributed by atoms with Crippen LogP contribution in [0, 0.1) is 0 Å². The summed E-state index contributed by atoms with van der Waals surface area (Å²) < 4.78 is 0. The van der Waals surface area contributed by atoms with Gasteiger partial charge in [-0.25, -0.2) is 12.1 Å². The van der Waals surface area contributed by atoms with Crippen molar-refractivity contribution in [2.24, 2.45) is 0 Å². The Bertz CT molecular complexity index is 581. The number of aromatic nitrogens is 1. The normalized spacial score (nSPS) is 13.8. The fourth-order valence-electron chi connectivity index (χ4n) is 1.83. The molecule has 0 bridgehead atoms. The number of rotatable bonds is 0. The van der Waals surface area contributed by atoms with Gasteiger partial charge >= 0.3 is 17.1 Å². The van der Waals surface area contributed by atoms with Crippen molar-refractivity contribution in [2.45, 2.75) is 0 Å². The number of nitrogens with zero attached hydrogens (tertiary/aromatic N) is 2. The molecule has 1 aromatic carbocycles. The van der Waals surface area contributed by atoms with Crippen LogP contribution in [0.15, 0.2) is 84.4 Å². The van der Waals surface area contributed by atoms with Gasteiger partial charge in [-0.1, -0.05) is 36.4 Å². The number of hydrogen-bond donors (Lipinski definition) is 1. The molecule has 1 N–H and O–H groups in total. The zero-order valence-corrected chi connectivity index (χ0v) is 11.8. The van der Waals surface area contributed by atoms with E-state index in [-0.39, 0.29) is 17.1 Å². The van der Waals surface area contributed by atoms with E-state index in [9.17, 15) is 0 Å². The van der Waals surface area contributed by atoms with E-state index >= 15 is 0 Å². The Balaban J connectivity index is 0.000000210. The van der Waals surface area contributed by atoms with Gasteiger partial charge in [0.05, 0.1) is 0 Å². The zero-order valence-electron chi connectivity index (χ0n) is 10.7. The van der Waals surface area contributed by atoms with Gasteiger partial charge in [-0.05, 0) is 17.5 Å². The molecule has 4 heteroatoms. The predicted molar refractivity (Wildman–Crippen MR) is 78.2 cm³/mol. The third-order valence-electron chi connectivity index (χ3n) is 2.75. The van der Waals surface area contributed by atoms with Crippen LogP contribution in [-0.2, 0) is 17.1 Å². The largest absolute Gasteiger partial charge is 2.00 e. The van der Waals surface area contributed by atoms with Crippen LogP contribution >= 0.6 is 0 Å². The first-order chi connectivity index (χ1) is 9.43. The second-order valence-corrected chi connectivity index (χ2v) is 4.10. The minimum atomic E-state index is 0. The molecular formula is C16H13FeN3. The Kier molecular flexibility index (Phi) is 4.88. The van der Waals surface area contributed by atoms with E-state index in [1.165, 1.54) is 0 Å². The molecule has 0 saturated heterocycles. The molecule has 2 aromatic rings. The Morgan fingerprint density at radius 2 is 1.80 bits per heavy atom. The molecule has 2 heterocycles. The number of nitrogens with one attached hydrogen (secondary N) is 1. The second-order valence-electron chi connectivity index (χ2n) is 4.10. The quantitative estimate of drug-likeness (QED) is 0.583. The fourth-order valence-corrected chi connectivity index (χ4v) is 1.83. The fraction of sp³-hybridized carbons (Fsp3) is 0. The average Bonchev–Trinajstić information content (AvgIpc) is 3.20. The standard InChI is InChI=1S/C11H8N3.C5H5.Fe/c1-2-5-8(4-1)10-13-9-6-3-7-12-11(9)14-10;1-2-4-5-3-1;/h1-7,13H;1-5H;/q2*-1;+2. The van der Waals surface area contributed by atoms with Crippen molar-refractivity contribution in [1.29, 1.82) is 0 Å². The summed E-state index contributed by atoms with van der Waals surface area (Å²) in [4.78, 5) is 4.17. The minimum Gasteiger partial charge on any atom is -0.413 e. The summed E-state index contributed by atoms with van der Waals surface area (Å²) in [7, 11) is 0. The molecule has 1 aliphatic heterocycles. The SMILES string of the molecule is C1=CC(=C2[N-]c3ncccc3N2)C=C1.[Fe+2].c1cc[cH-]c1. The van der Waals surface area contributed by atoms with Crippen LogP contribution in [0.1, 0.15) is 0 Å². The number of hydrogen-bond acceptors (Lipinski definition) is 2. The van der Waals surface area contributed by atoms with Crippen LogP contribution < -0.4 is 5.32 Å². The summed E-state index contributed by atoms with van der Waals surface area (Å²) in [5.74, 6) is 1.65. The molecule has 1 aromatic heterocycles. The maximum absolute atomic E-state index is 4.39. The van der Waals surface area contributed by atoms with E-state index < -0.39 is 0 Å². The molecule has 20 heavy (non-hydrogen) atoms. The molecular weight excluding hydrogens is 290 g/mol. The van der Waals surface area contributed by atoms with E-state index in [2.05, 4.69) is 15.6 Å². The van der Waals surface area contributed by atoms with Gasteiger partial charge in [-0.2, -0.15) is 18.2 Å². The van der Waals surface area contributed by atoms with Crippen LogP contribution in [0.3, 0.4) is 0 Å². The maximum Gasteiger partial charge on any atom is 2.00 e. The van der Waals surface area contributed by atoms with E-state index in [1.54, 1.807) is 6.20 Å². The predicted octanol–water partition coefficient (Wildman–Crippen LogP) is 4.25. The van der Waals surface area contributed by atoms with Crippen molar-refractivity contribution in [3.8, 4) is 0 Å². The monoisotopic (exact) mass is 303 g/mol. The third kappa shape index (κ3) is 3.23. The number of allylic oxidation sites excluding steroid dienone is 5. The van der Waals surface area contributed by atoms with Crippen LogP contribution in [-0.4, -0.2) is 4.98 Å². The number of pyridine rings is 1. The van der Waals surface area contributed by atoms with Gasteiger partial charge < -0.3 is 15.6 Å². The summed E-state index contributed by atoms with van der Waals surface area (Å²) in [6.45, 7) is 0. The second kappa shape index (κ2) is 6.85. The van der Waals surface area contributed by atoms with Gasteiger partial charge in [-0.15, -0.1) is 0 Å². The van der Waals surface area contributed by atoms with Gasteiger partial charge in [0.1, 0.15) is 0 Å². The van der Waals surface area contributed by atoms with Crippen molar-refractivity contribution in [1.82, 2.24) is 4.98 Å². The van der Waals surface area contributed by atoms with Crippen LogP contribution in [0.25, 0.3) is 5.32 Å². The smallest absolute Gasteiger partial charge is 0.413 e. The summed E-state index contributed by atoms with van der Waals surface area (Å²) in [6, 6.07) is 13.9. The summed E-state index contributed by atoms with van der Waals surface area (Å²) in [5.41, 5.74) is 2.08. The van der Waals surface area contributed by atoms with Crippen molar-refractivity contribution in [3.05, 3.63) is 89.7 Å². The van der Waals surface area contributed by atoms with Crippen molar-refractivity contribution in [2.75, 3.05) is 5.32 Å². The molecule has 0 radical (unpaired) electrons. The molecule has 0 atom stereocenters. The number of fused-ring (bicyclic) bond motifs is 1. The summed E-state index contributed by atoms with van der Waals surface area (Å²) in [6.07, 6.45) is 9.79. The van der Waals surface area contributed by atoms with Gasteiger partial charge in [-0.3, -0.25) is 0 Å². The molecule has 1 aliphatic carbocycles. The molecule has 0 spiro atoms. The Hall–Kier alpha value is -2.16. The van der Waals surface area contributed by atoms with Crippen LogP contribution in [0.4, 0.5) is 11.5 Å². The van der Waals surface area contributed by atoms with E-state index in [0.717, 1.165) is 22.9 Å². The maximum atomic E-state index is 4.39. The summed E-state index contributed by atoms with van der Waals surface area (Å²) >= 11 is 0. The topological polar surface area (TPSA) is 39.0 Å². The molecule has 3 nitrogen and oxygen atoms in total. The average molecular weight is 303 g/mol. The number of anilines is 1. The van der Waals surface area contributed by atoms with Crippen molar-refractivity contribution in [3.63, 3.8) is 0 Å². The Morgan fingerprint density at radius 1 is 1.05 bits per heavy atom. The van der Waals surface area contributed by atoms with Crippen LogP contribution in [0.5, 0.6) is 0 Å². The molecule has 0 amide bonds. The van der Waals surface area contributed by atoms with E-state index in [4.69, 9.17) is 0 Å². The molecule has 0 unspecified atom stereocenters. The van der Waals surface area contributed by atoms with Gasteiger partial charge in [0.15, 0.2) is 0 Å². The zero-order chi connectivity index (χ0) is 12.9. The van der Waals surface area contributed by atoms with Crippen molar-refractivity contribution >= 4 is 11.5 Å². The van der Waals surface area contributed by atoms with E-state index in [0.29, 0.717) is 0 Å². The molecule has 4 rings (SSSR count). The first kappa shape index (κ1) is 14.3. The van der Waals surface area contributed by atoms with Gasteiger partial charge in [0.25, 0.3) is 0 Å². The summed E-state index contributed by atoms with van der Waals surface area (Å²) in [5, 5.41) is 7.61. The van der Waals surface area contributed by atoms with Crippen LogP contribution in [0.2, 0.25) is 0 Å². The Morgan fingerprint density at radius 3 is 2.40 bits per heavy atom. The van der Waals surface area contributed by atoms with Gasteiger partial charge in [0.2, 0.25) is 0 Å². The van der Waals surface area contributed by atoms with Crippen molar-refractivity contribution < 1.29 is 17.1 Å². The molecule has 2 aliphatic rings.